The predicted molar refractivity (Wildman–Crippen MR) is 127 cm³/mol. The van der Waals surface area contributed by atoms with E-state index in [4.69, 9.17) is 16.2 Å². The van der Waals surface area contributed by atoms with Crippen molar-refractivity contribution in [3.63, 3.8) is 0 Å². The van der Waals surface area contributed by atoms with Gasteiger partial charge in [-0.3, -0.25) is 9.59 Å². The van der Waals surface area contributed by atoms with E-state index in [1.807, 2.05) is 42.5 Å². The highest BCUT2D eigenvalue weighted by Crippen LogP contribution is 2.39. The van der Waals surface area contributed by atoms with E-state index in [0.717, 1.165) is 18.4 Å². The molecule has 2 aromatic rings. The molecule has 176 valence electrons. The van der Waals surface area contributed by atoms with Crippen LogP contribution in [0.2, 0.25) is 0 Å². The Morgan fingerprint density at radius 2 is 1.85 bits per heavy atom. The van der Waals surface area contributed by atoms with E-state index in [-0.39, 0.29) is 24.3 Å². The third kappa shape index (κ3) is 6.71. The van der Waals surface area contributed by atoms with Gasteiger partial charge in [0, 0.05) is 6.54 Å². The van der Waals surface area contributed by atoms with Gasteiger partial charge in [0.2, 0.25) is 5.91 Å². The molecule has 2 unspecified atom stereocenters. The number of aliphatic carboxylic acids is 1. The summed E-state index contributed by atoms with van der Waals surface area (Å²) >= 11 is 0. The van der Waals surface area contributed by atoms with E-state index in [9.17, 15) is 14.7 Å². The third-order valence-electron chi connectivity index (χ3n) is 5.96. The number of nitrogens with two attached hydrogens (primary N) is 2. The van der Waals surface area contributed by atoms with Gasteiger partial charge >= 0.3 is 5.97 Å². The molecule has 1 aliphatic rings. The molecule has 1 saturated heterocycles. The van der Waals surface area contributed by atoms with Crippen LogP contribution >= 0.6 is 0 Å². The SMILES string of the molecule is CC1(CC(=O)O)CC(COc2ccc(CN=C(N)N)cc2)N(CCCc2ccccc2)C1=O. The Morgan fingerprint density at radius 1 is 1.15 bits per heavy atom. The summed E-state index contributed by atoms with van der Waals surface area (Å²) in [6, 6.07) is 17.4. The van der Waals surface area contributed by atoms with Crippen LogP contribution in [0.15, 0.2) is 59.6 Å². The molecule has 0 saturated carbocycles. The molecule has 0 spiro atoms. The Hall–Kier alpha value is -3.55. The van der Waals surface area contributed by atoms with Crippen molar-refractivity contribution >= 4 is 17.8 Å². The number of carboxylic acids is 1. The lowest BCUT2D eigenvalue weighted by Crippen LogP contribution is -2.39. The van der Waals surface area contributed by atoms with Gasteiger partial charge < -0.3 is 26.2 Å². The molecule has 1 heterocycles. The summed E-state index contributed by atoms with van der Waals surface area (Å²) < 4.78 is 5.99. The lowest BCUT2D eigenvalue weighted by molar-refractivity contribution is -0.146. The van der Waals surface area contributed by atoms with Crippen LogP contribution in [0, 0.1) is 5.41 Å². The molecule has 8 nitrogen and oxygen atoms in total. The number of likely N-dealkylation sites (tertiary alicyclic amines) is 1. The van der Waals surface area contributed by atoms with Gasteiger partial charge in [-0.15, -0.1) is 0 Å². The maximum Gasteiger partial charge on any atom is 0.304 e. The van der Waals surface area contributed by atoms with Crippen molar-refractivity contribution in [1.29, 1.82) is 0 Å². The number of ether oxygens (including phenoxy) is 1. The molecule has 1 amide bonds. The van der Waals surface area contributed by atoms with Crippen molar-refractivity contribution in [1.82, 2.24) is 4.90 Å². The summed E-state index contributed by atoms with van der Waals surface area (Å²) in [7, 11) is 0. The van der Waals surface area contributed by atoms with Crippen LogP contribution in [-0.2, 0) is 22.6 Å². The standard InChI is InChI=1S/C25H32N4O4/c1-25(15-22(30)31)14-20(17-33-21-11-9-19(10-12-21)16-28-24(26)27)29(23(25)32)13-5-8-18-6-3-2-4-7-18/h2-4,6-7,9-12,20H,5,8,13-17H2,1H3,(H,30,31)(H4,26,27,28). The van der Waals surface area contributed by atoms with E-state index < -0.39 is 11.4 Å². The minimum Gasteiger partial charge on any atom is -0.491 e. The zero-order valence-electron chi connectivity index (χ0n) is 18.9. The molecule has 5 N–H and O–H groups in total. The normalized spacial score (nSPS) is 20.0. The van der Waals surface area contributed by atoms with E-state index in [2.05, 4.69) is 17.1 Å². The highest BCUT2D eigenvalue weighted by atomic mass is 16.5. The number of carbonyl (C=O) groups is 2. The maximum absolute atomic E-state index is 13.2. The number of rotatable bonds is 11. The molecule has 0 aromatic heterocycles. The summed E-state index contributed by atoms with van der Waals surface area (Å²) in [6.45, 7) is 3.00. The van der Waals surface area contributed by atoms with Crippen LogP contribution < -0.4 is 16.2 Å². The van der Waals surface area contributed by atoms with E-state index in [1.54, 1.807) is 11.8 Å². The van der Waals surface area contributed by atoms with Gasteiger partial charge in [-0.05, 0) is 42.5 Å². The van der Waals surface area contributed by atoms with Crippen LogP contribution in [-0.4, -0.2) is 47.0 Å². The third-order valence-corrected chi connectivity index (χ3v) is 5.96. The van der Waals surface area contributed by atoms with Gasteiger partial charge in [0.05, 0.1) is 24.4 Å². The first-order valence-corrected chi connectivity index (χ1v) is 11.1. The first-order valence-electron chi connectivity index (χ1n) is 11.1. The fourth-order valence-corrected chi connectivity index (χ4v) is 4.31. The van der Waals surface area contributed by atoms with Crippen LogP contribution in [0.25, 0.3) is 0 Å². The smallest absolute Gasteiger partial charge is 0.304 e. The van der Waals surface area contributed by atoms with Crippen molar-refractivity contribution in [2.24, 2.45) is 21.9 Å². The fraction of sp³-hybridized carbons (Fsp3) is 0.400. The maximum atomic E-state index is 13.2. The van der Waals surface area contributed by atoms with Crippen molar-refractivity contribution in [3.8, 4) is 5.75 Å². The van der Waals surface area contributed by atoms with Gasteiger partial charge in [-0.2, -0.15) is 0 Å². The quantitative estimate of drug-likeness (QED) is 0.355. The summed E-state index contributed by atoms with van der Waals surface area (Å²) in [5, 5.41) is 9.34. The zero-order chi connectivity index (χ0) is 23.8. The van der Waals surface area contributed by atoms with E-state index >= 15 is 0 Å². The number of aliphatic imine (C=N–C) groups is 1. The Labute approximate surface area is 194 Å². The average Bonchev–Trinajstić information content (AvgIpc) is 3.01. The Bertz CT molecular complexity index is 974. The number of aryl methyl sites for hydroxylation is 1. The summed E-state index contributed by atoms with van der Waals surface area (Å²) in [4.78, 5) is 30.4. The molecule has 8 heteroatoms. The van der Waals surface area contributed by atoms with Crippen LogP contribution in [0.1, 0.15) is 37.3 Å². The van der Waals surface area contributed by atoms with Crippen molar-refractivity contribution < 1.29 is 19.4 Å². The Kier molecular flexibility index (Phi) is 7.92. The van der Waals surface area contributed by atoms with Crippen LogP contribution in [0.4, 0.5) is 0 Å². The van der Waals surface area contributed by atoms with Crippen molar-refractivity contribution in [2.45, 2.75) is 45.2 Å². The second-order valence-electron chi connectivity index (χ2n) is 8.77. The molecule has 2 aromatic carbocycles. The number of benzene rings is 2. The first kappa shape index (κ1) is 24.1. The van der Waals surface area contributed by atoms with Crippen molar-refractivity contribution in [2.75, 3.05) is 13.2 Å². The number of guanidine groups is 1. The summed E-state index contributed by atoms with van der Waals surface area (Å²) in [6.07, 6.45) is 1.92. The predicted octanol–water partition coefficient (Wildman–Crippen LogP) is 2.55. The minimum atomic E-state index is -0.965. The van der Waals surface area contributed by atoms with Crippen molar-refractivity contribution in [3.05, 3.63) is 65.7 Å². The number of nitrogens with zero attached hydrogens (tertiary/aromatic N) is 2. The topological polar surface area (TPSA) is 131 Å². The molecule has 3 rings (SSSR count). The van der Waals surface area contributed by atoms with Gasteiger partial charge in [0.15, 0.2) is 5.96 Å². The Morgan fingerprint density at radius 3 is 2.48 bits per heavy atom. The number of hydrogen-bond donors (Lipinski definition) is 3. The molecule has 0 aliphatic carbocycles. The molecular weight excluding hydrogens is 420 g/mol. The zero-order valence-corrected chi connectivity index (χ0v) is 18.9. The first-order chi connectivity index (χ1) is 15.8. The molecule has 2 atom stereocenters. The number of amides is 1. The van der Waals surface area contributed by atoms with E-state index in [0.29, 0.717) is 31.9 Å². The van der Waals surface area contributed by atoms with E-state index in [1.165, 1.54) is 5.56 Å². The highest BCUT2D eigenvalue weighted by Gasteiger charge is 2.49. The van der Waals surface area contributed by atoms with Crippen LogP contribution in [0.5, 0.6) is 5.75 Å². The summed E-state index contributed by atoms with van der Waals surface area (Å²) in [5.41, 5.74) is 12.0. The lowest BCUT2D eigenvalue weighted by atomic mass is 9.84. The molecule has 33 heavy (non-hydrogen) atoms. The van der Waals surface area contributed by atoms with Gasteiger partial charge in [0.25, 0.3) is 0 Å². The van der Waals surface area contributed by atoms with Crippen LogP contribution in [0.3, 0.4) is 0 Å². The lowest BCUT2D eigenvalue weighted by Gasteiger charge is -2.25. The fourth-order valence-electron chi connectivity index (χ4n) is 4.31. The number of hydrogen-bond acceptors (Lipinski definition) is 4. The van der Waals surface area contributed by atoms with Gasteiger partial charge in [0.1, 0.15) is 12.4 Å². The Balaban J connectivity index is 1.64. The molecular formula is C25H32N4O4. The molecule has 0 radical (unpaired) electrons. The number of carbonyl (C=O) groups excluding carboxylic acids is 1. The van der Waals surface area contributed by atoms with Gasteiger partial charge in [-0.25, -0.2) is 4.99 Å². The summed E-state index contributed by atoms with van der Waals surface area (Å²) in [5.74, 6) is -0.364. The highest BCUT2D eigenvalue weighted by molar-refractivity contribution is 5.88. The largest absolute Gasteiger partial charge is 0.491 e. The van der Waals surface area contributed by atoms with Gasteiger partial charge in [-0.1, -0.05) is 49.4 Å². The average molecular weight is 453 g/mol. The number of carboxylic acid groups (broad SMARTS) is 1. The molecule has 0 bridgehead atoms. The molecule has 1 fully saturated rings. The second kappa shape index (κ2) is 10.8. The second-order valence-corrected chi connectivity index (χ2v) is 8.77. The minimum absolute atomic E-state index is 0.0398. The molecule has 1 aliphatic heterocycles. The monoisotopic (exact) mass is 452 g/mol.